The molecule has 0 spiro atoms. The lowest BCUT2D eigenvalue weighted by Crippen LogP contribution is -2.89. The zero-order chi connectivity index (χ0) is 36.0. The highest BCUT2D eigenvalue weighted by Crippen LogP contribution is 2.11. The highest BCUT2D eigenvalue weighted by molar-refractivity contribution is 5.96. The fourth-order valence-corrected chi connectivity index (χ4v) is 5.53. The smallest absolute Gasteiger partial charge is 0.326 e. The molecule has 9 N–H and O–H groups in total. The molecular formula is C34H55N6O8+. The Hall–Kier alpha value is -4.04. The van der Waals surface area contributed by atoms with Gasteiger partial charge in [-0.15, -0.1) is 0 Å². The van der Waals surface area contributed by atoms with Crippen molar-refractivity contribution in [1.29, 1.82) is 0 Å². The van der Waals surface area contributed by atoms with Crippen molar-refractivity contribution in [3.8, 4) is 0 Å². The van der Waals surface area contributed by atoms with Gasteiger partial charge in [-0.3, -0.25) is 24.0 Å². The van der Waals surface area contributed by atoms with Crippen LogP contribution in [0.15, 0.2) is 30.3 Å². The van der Waals surface area contributed by atoms with Gasteiger partial charge < -0.3 is 42.1 Å². The molecule has 0 saturated carbocycles. The molecule has 1 aliphatic heterocycles. The Balaban J connectivity index is 2.25. The molecule has 0 unspecified atom stereocenters. The Kier molecular flexibility index (Phi) is 16.5. The summed E-state index contributed by atoms with van der Waals surface area (Å²) in [6.07, 6.45) is 2.13. The molecule has 0 aliphatic carbocycles. The lowest BCUT2D eigenvalue weighted by Gasteiger charge is -2.28. The van der Waals surface area contributed by atoms with E-state index in [2.05, 4.69) is 26.6 Å². The second kappa shape index (κ2) is 19.7. The minimum atomic E-state index is -1.44. The number of carbonyl (C=O) groups is 6. The van der Waals surface area contributed by atoms with Gasteiger partial charge in [-0.1, -0.05) is 71.9 Å². The number of amides is 5. The molecule has 48 heavy (non-hydrogen) atoms. The maximum Gasteiger partial charge on any atom is 0.326 e. The predicted octanol–water partition coefficient (Wildman–Crippen LogP) is -0.796. The largest absolute Gasteiger partial charge is 0.480 e. The molecule has 1 fully saturated rings. The summed E-state index contributed by atoms with van der Waals surface area (Å²) in [5, 5.41) is 34.7. The Morgan fingerprint density at radius 2 is 1.23 bits per heavy atom. The van der Waals surface area contributed by atoms with Gasteiger partial charge in [0.2, 0.25) is 23.6 Å². The average Bonchev–Trinajstić information content (AvgIpc) is 3.56. The van der Waals surface area contributed by atoms with E-state index >= 15 is 0 Å². The van der Waals surface area contributed by atoms with Gasteiger partial charge in [-0.05, 0) is 36.2 Å². The van der Waals surface area contributed by atoms with Crippen LogP contribution in [0, 0.1) is 17.8 Å². The number of aliphatic carboxylic acids is 1. The third-order valence-corrected chi connectivity index (χ3v) is 8.15. The van der Waals surface area contributed by atoms with Crippen molar-refractivity contribution < 1.29 is 44.3 Å². The van der Waals surface area contributed by atoms with Crippen molar-refractivity contribution in [1.82, 2.24) is 26.6 Å². The topological polar surface area (TPSA) is 220 Å². The van der Waals surface area contributed by atoms with Crippen molar-refractivity contribution in [2.24, 2.45) is 17.8 Å². The second-order valence-corrected chi connectivity index (χ2v) is 13.7. The SMILES string of the molecule is CC(C)C[C@H](NC(=O)[C@H](Cc1ccccc1)NC(=O)[C@H](CO)NC(=O)[C@H](CC(C)C)NC(=O)[C@@H]1CCC[NH2+]1)C(=O)N[C@H](C(=O)O)C(C)C. The number of quaternary nitrogens is 1. The molecular weight excluding hydrogens is 620 g/mol. The molecule has 0 aromatic heterocycles. The number of aliphatic hydroxyl groups excluding tert-OH is 1. The van der Waals surface area contributed by atoms with Gasteiger partial charge in [-0.2, -0.15) is 0 Å². The minimum absolute atomic E-state index is 0.0220. The Labute approximate surface area is 283 Å². The number of aliphatic hydroxyl groups is 1. The third kappa shape index (κ3) is 13.2. The van der Waals surface area contributed by atoms with E-state index in [4.69, 9.17) is 0 Å². The molecule has 5 amide bonds. The summed E-state index contributed by atoms with van der Waals surface area (Å²) in [6, 6.07) is 2.69. The van der Waals surface area contributed by atoms with Crippen molar-refractivity contribution in [2.75, 3.05) is 13.2 Å². The molecule has 14 heteroatoms. The fraction of sp³-hybridized carbons (Fsp3) is 0.647. The number of nitrogens with two attached hydrogens (primary N) is 1. The molecule has 0 radical (unpaired) electrons. The normalized spacial score (nSPS) is 17.6. The van der Waals surface area contributed by atoms with Crippen molar-refractivity contribution in [3.63, 3.8) is 0 Å². The third-order valence-electron chi connectivity index (χ3n) is 8.15. The molecule has 1 saturated heterocycles. The van der Waals surface area contributed by atoms with Crippen LogP contribution < -0.4 is 31.9 Å². The maximum absolute atomic E-state index is 13.7. The highest BCUT2D eigenvalue weighted by Gasteiger charge is 2.35. The number of benzene rings is 1. The van der Waals surface area contributed by atoms with Gasteiger partial charge >= 0.3 is 5.97 Å². The number of hydrogen-bond acceptors (Lipinski definition) is 7. The number of nitrogens with one attached hydrogen (secondary N) is 5. The van der Waals surface area contributed by atoms with Crippen LogP contribution in [-0.4, -0.2) is 95.1 Å². The summed E-state index contributed by atoms with van der Waals surface area (Å²) in [6.45, 7) is 10.9. The van der Waals surface area contributed by atoms with Crippen LogP contribution in [0.2, 0.25) is 0 Å². The van der Waals surface area contributed by atoms with Crippen LogP contribution in [0.1, 0.15) is 72.8 Å². The van der Waals surface area contributed by atoms with Gasteiger partial charge in [0.05, 0.1) is 13.2 Å². The average molecular weight is 676 g/mol. The van der Waals surface area contributed by atoms with Crippen LogP contribution in [-0.2, 0) is 35.2 Å². The molecule has 14 nitrogen and oxygen atoms in total. The fourth-order valence-electron chi connectivity index (χ4n) is 5.53. The monoisotopic (exact) mass is 675 g/mol. The first kappa shape index (κ1) is 40.1. The van der Waals surface area contributed by atoms with Gasteiger partial charge in [0.1, 0.15) is 30.2 Å². The Morgan fingerprint density at radius 1 is 0.729 bits per heavy atom. The van der Waals surface area contributed by atoms with Crippen LogP contribution in [0.3, 0.4) is 0 Å². The van der Waals surface area contributed by atoms with Gasteiger partial charge in [0, 0.05) is 19.3 Å². The standard InChI is InChI=1S/C34H54N6O8/c1-19(2)15-24(36-29(42)23-13-10-14-35-23)30(43)39-27(18-41)33(46)38-26(17-22-11-8-7-9-12-22)31(44)37-25(16-20(3)4)32(45)40-28(21(5)6)34(47)48/h7-9,11-12,19-21,23-28,35,41H,10,13-18H2,1-6H3,(H,36,42)(H,37,44)(H,38,46)(H,39,43)(H,40,45)(H,47,48)/p+1/t23-,24-,25-,26-,27-,28-/m0/s1. The zero-order valence-corrected chi connectivity index (χ0v) is 29.0. The summed E-state index contributed by atoms with van der Waals surface area (Å²) in [5.74, 6) is -4.74. The summed E-state index contributed by atoms with van der Waals surface area (Å²) >= 11 is 0. The molecule has 0 bridgehead atoms. The minimum Gasteiger partial charge on any atom is -0.480 e. The lowest BCUT2D eigenvalue weighted by molar-refractivity contribution is -0.657. The number of hydrogen-bond donors (Lipinski definition) is 8. The van der Waals surface area contributed by atoms with E-state index in [1.807, 2.05) is 33.0 Å². The van der Waals surface area contributed by atoms with Crippen molar-refractivity contribution in [2.45, 2.75) is 110 Å². The van der Waals surface area contributed by atoms with E-state index < -0.39 is 72.3 Å². The van der Waals surface area contributed by atoms with Crippen LogP contribution in [0.5, 0.6) is 0 Å². The first-order valence-electron chi connectivity index (χ1n) is 16.9. The van der Waals surface area contributed by atoms with Gasteiger partial charge in [0.15, 0.2) is 6.04 Å². The molecule has 6 atom stereocenters. The van der Waals surface area contributed by atoms with E-state index in [0.29, 0.717) is 18.4 Å². The Bertz CT molecular complexity index is 1240. The van der Waals surface area contributed by atoms with E-state index in [-0.39, 0.29) is 36.6 Å². The zero-order valence-electron chi connectivity index (χ0n) is 29.0. The molecule has 268 valence electrons. The van der Waals surface area contributed by atoms with Gasteiger partial charge in [-0.25, -0.2) is 4.79 Å². The number of carboxylic acid groups (broad SMARTS) is 1. The maximum atomic E-state index is 13.7. The first-order valence-corrected chi connectivity index (χ1v) is 16.9. The predicted molar refractivity (Wildman–Crippen MR) is 178 cm³/mol. The van der Waals surface area contributed by atoms with E-state index in [0.717, 1.165) is 13.0 Å². The van der Waals surface area contributed by atoms with Crippen LogP contribution >= 0.6 is 0 Å². The quantitative estimate of drug-likeness (QED) is 0.0926. The summed E-state index contributed by atoms with van der Waals surface area (Å²) in [4.78, 5) is 78.3. The summed E-state index contributed by atoms with van der Waals surface area (Å²) in [7, 11) is 0. The lowest BCUT2D eigenvalue weighted by atomic mass is 9.99. The molecule has 1 heterocycles. The second-order valence-electron chi connectivity index (χ2n) is 13.7. The number of carbonyl (C=O) groups excluding carboxylic acids is 5. The van der Waals surface area contributed by atoms with Crippen LogP contribution in [0.4, 0.5) is 0 Å². The molecule has 1 aliphatic rings. The summed E-state index contributed by atoms with van der Waals surface area (Å²) < 4.78 is 0. The van der Waals surface area contributed by atoms with Crippen LogP contribution in [0.25, 0.3) is 0 Å². The van der Waals surface area contributed by atoms with E-state index in [1.165, 1.54) is 0 Å². The Morgan fingerprint density at radius 3 is 1.73 bits per heavy atom. The van der Waals surface area contributed by atoms with Crippen molar-refractivity contribution in [3.05, 3.63) is 35.9 Å². The molecule has 1 aromatic carbocycles. The number of carboxylic acids is 1. The highest BCUT2D eigenvalue weighted by atomic mass is 16.4. The molecule has 1 aromatic rings. The summed E-state index contributed by atoms with van der Waals surface area (Å²) in [5.41, 5.74) is 0.696. The van der Waals surface area contributed by atoms with E-state index in [1.54, 1.807) is 44.2 Å². The first-order chi connectivity index (χ1) is 22.6. The van der Waals surface area contributed by atoms with Crippen molar-refractivity contribution >= 4 is 35.5 Å². The van der Waals surface area contributed by atoms with E-state index in [9.17, 15) is 39.0 Å². The number of rotatable bonds is 19. The van der Waals surface area contributed by atoms with Gasteiger partial charge in [0.25, 0.3) is 5.91 Å². The molecule has 2 rings (SSSR count).